The Hall–Kier alpha value is -2.02. The van der Waals surface area contributed by atoms with Gasteiger partial charge >= 0.3 is 0 Å². The fourth-order valence-electron chi connectivity index (χ4n) is 3.39. The summed E-state index contributed by atoms with van der Waals surface area (Å²) >= 11 is 1.04. The van der Waals surface area contributed by atoms with Gasteiger partial charge in [0.2, 0.25) is 5.91 Å². The van der Waals surface area contributed by atoms with Crippen molar-refractivity contribution in [3.63, 3.8) is 0 Å². The number of imide groups is 1. The van der Waals surface area contributed by atoms with E-state index >= 15 is 0 Å². The first kappa shape index (κ1) is 17.8. The number of hydrogen-bond acceptors (Lipinski definition) is 5. The number of nitrogens with one attached hydrogen (secondary N) is 1. The zero-order valence-corrected chi connectivity index (χ0v) is 15.0. The molecule has 0 aromatic heterocycles. The molecule has 25 heavy (non-hydrogen) atoms. The van der Waals surface area contributed by atoms with Crippen molar-refractivity contribution in [1.29, 1.82) is 0 Å². The number of thioether (sulfide) groups is 1. The molecule has 1 aromatic rings. The highest BCUT2D eigenvalue weighted by molar-refractivity contribution is 8.14. The number of amides is 3. The Bertz CT molecular complexity index is 646. The molecule has 6 nitrogen and oxygen atoms in total. The smallest absolute Gasteiger partial charge is 0.289 e. The van der Waals surface area contributed by atoms with E-state index in [-0.39, 0.29) is 34.9 Å². The van der Waals surface area contributed by atoms with Crippen LogP contribution in [0.1, 0.15) is 43.0 Å². The van der Waals surface area contributed by atoms with Gasteiger partial charge in [0.05, 0.1) is 24.4 Å². The SMILES string of the molecule is CCOc1ccc(C(=O)N[C@@H]2CCCC[C@@H]2N2C(=O)CSC2=O)cc1. The summed E-state index contributed by atoms with van der Waals surface area (Å²) in [6.45, 7) is 2.48. The monoisotopic (exact) mass is 362 g/mol. The van der Waals surface area contributed by atoms with Crippen LogP contribution in [0.5, 0.6) is 5.75 Å². The first-order valence-electron chi connectivity index (χ1n) is 8.62. The van der Waals surface area contributed by atoms with Crippen molar-refractivity contribution in [2.24, 2.45) is 0 Å². The summed E-state index contributed by atoms with van der Waals surface area (Å²) in [5.74, 6) is 0.586. The van der Waals surface area contributed by atoms with E-state index < -0.39 is 0 Å². The molecule has 1 aliphatic heterocycles. The molecule has 1 saturated heterocycles. The van der Waals surface area contributed by atoms with E-state index in [1.165, 1.54) is 4.90 Å². The van der Waals surface area contributed by atoms with E-state index in [1.54, 1.807) is 24.3 Å². The van der Waals surface area contributed by atoms with E-state index in [9.17, 15) is 14.4 Å². The molecule has 7 heteroatoms. The summed E-state index contributed by atoms with van der Waals surface area (Å²) < 4.78 is 5.38. The molecule has 0 unspecified atom stereocenters. The average Bonchev–Trinajstić information content (AvgIpc) is 2.95. The lowest BCUT2D eigenvalue weighted by atomic mass is 9.89. The average molecular weight is 362 g/mol. The van der Waals surface area contributed by atoms with Crippen LogP contribution in [0.2, 0.25) is 0 Å². The second-order valence-electron chi connectivity index (χ2n) is 6.21. The van der Waals surface area contributed by atoms with E-state index in [0.717, 1.165) is 43.2 Å². The highest BCUT2D eigenvalue weighted by Gasteiger charge is 2.41. The Kier molecular flexibility index (Phi) is 5.63. The number of carbonyl (C=O) groups is 3. The van der Waals surface area contributed by atoms with Gasteiger partial charge in [0.1, 0.15) is 5.75 Å². The maximum atomic E-state index is 12.6. The minimum Gasteiger partial charge on any atom is -0.494 e. The number of carbonyl (C=O) groups excluding carboxylic acids is 3. The van der Waals surface area contributed by atoms with Crippen molar-refractivity contribution in [2.45, 2.75) is 44.7 Å². The Morgan fingerprint density at radius 2 is 1.96 bits per heavy atom. The zero-order chi connectivity index (χ0) is 17.8. The van der Waals surface area contributed by atoms with Crippen molar-refractivity contribution >= 4 is 28.8 Å². The van der Waals surface area contributed by atoms with Gasteiger partial charge < -0.3 is 10.1 Å². The summed E-state index contributed by atoms with van der Waals surface area (Å²) in [6.07, 6.45) is 3.46. The van der Waals surface area contributed by atoms with Crippen molar-refractivity contribution in [1.82, 2.24) is 10.2 Å². The van der Waals surface area contributed by atoms with Crippen LogP contribution in [0.3, 0.4) is 0 Å². The maximum Gasteiger partial charge on any atom is 0.289 e. The number of nitrogens with zero attached hydrogens (tertiary/aromatic N) is 1. The van der Waals surface area contributed by atoms with Gasteiger partial charge in [0, 0.05) is 5.56 Å². The Morgan fingerprint density at radius 1 is 1.24 bits per heavy atom. The van der Waals surface area contributed by atoms with Gasteiger partial charge in [0.15, 0.2) is 0 Å². The van der Waals surface area contributed by atoms with Crippen LogP contribution in [-0.2, 0) is 4.79 Å². The molecular formula is C18H22N2O4S. The molecule has 2 atom stereocenters. The molecule has 1 N–H and O–H groups in total. The van der Waals surface area contributed by atoms with Gasteiger partial charge in [0.25, 0.3) is 11.1 Å². The molecule has 1 saturated carbocycles. The second kappa shape index (κ2) is 7.91. The maximum absolute atomic E-state index is 12.6. The van der Waals surface area contributed by atoms with E-state index in [1.807, 2.05) is 6.92 Å². The number of hydrogen-bond donors (Lipinski definition) is 1. The summed E-state index contributed by atoms with van der Waals surface area (Å²) in [4.78, 5) is 38.0. The molecule has 0 spiro atoms. The van der Waals surface area contributed by atoms with Gasteiger partial charge in [-0.25, -0.2) is 0 Å². The summed E-state index contributed by atoms with van der Waals surface area (Å²) in [5, 5.41) is 2.82. The summed E-state index contributed by atoms with van der Waals surface area (Å²) in [5.41, 5.74) is 0.543. The lowest BCUT2D eigenvalue weighted by Gasteiger charge is -2.36. The number of rotatable bonds is 5. The van der Waals surface area contributed by atoms with Crippen molar-refractivity contribution in [3.05, 3.63) is 29.8 Å². The molecule has 3 amide bonds. The minimum atomic E-state index is -0.240. The van der Waals surface area contributed by atoms with E-state index in [2.05, 4.69) is 5.32 Å². The molecule has 134 valence electrons. The molecule has 1 aliphatic carbocycles. The highest BCUT2D eigenvalue weighted by atomic mass is 32.2. The van der Waals surface area contributed by atoms with E-state index in [0.29, 0.717) is 12.2 Å². The van der Waals surface area contributed by atoms with Crippen LogP contribution in [0.15, 0.2) is 24.3 Å². The predicted octanol–water partition coefficient (Wildman–Crippen LogP) is 2.82. The number of benzene rings is 1. The zero-order valence-electron chi connectivity index (χ0n) is 14.2. The summed E-state index contributed by atoms with van der Waals surface area (Å²) in [7, 11) is 0. The lowest BCUT2D eigenvalue weighted by Crippen LogP contribution is -2.54. The molecule has 1 heterocycles. The molecule has 3 rings (SSSR count). The third-order valence-electron chi connectivity index (χ3n) is 4.59. The fourth-order valence-corrected chi connectivity index (χ4v) is 4.16. The number of ether oxygens (including phenoxy) is 1. The van der Waals surface area contributed by atoms with Gasteiger partial charge in [-0.05, 0) is 44.0 Å². The van der Waals surface area contributed by atoms with Crippen LogP contribution in [-0.4, -0.2) is 46.4 Å². The topological polar surface area (TPSA) is 75.7 Å². The third-order valence-corrected chi connectivity index (χ3v) is 5.42. The molecule has 0 radical (unpaired) electrons. The molecular weight excluding hydrogens is 340 g/mol. The van der Waals surface area contributed by atoms with Crippen molar-refractivity contribution in [2.75, 3.05) is 12.4 Å². The quantitative estimate of drug-likeness (QED) is 0.872. The van der Waals surface area contributed by atoms with Crippen LogP contribution < -0.4 is 10.1 Å². The molecule has 0 bridgehead atoms. The van der Waals surface area contributed by atoms with Gasteiger partial charge in [-0.3, -0.25) is 19.3 Å². The van der Waals surface area contributed by atoms with Crippen LogP contribution in [0.4, 0.5) is 4.79 Å². The molecule has 1 aromatic carbocycles. The molecule has 2 aliphatic rings. The van der Waals surface area contributed by atoms with Gasteiger partial charge in [-0.2, -0.15) is 0 Å². The predicted molar refractivity (Wildman–Crippen MR) is 95.8 cm³/mol. The normalized spacial score (nSPS) is 23.6. The van der Waals surface area contributed by atoms with Crippen molar-refractivity contribution < 1.29 is 19.1 Å². The van der Waals surface area contributed by atoms with E-state index in [4.69, 9.17) is 4.74 Å². The van der Waals surface area contributed by atoms with Crippen LogP contribution >= 0.6 is 11.8 Å². The van der Waals surface area contributed by atoms with Gasteiger partial charge in [-0.1, -0.05) is 24.6 Å². The highest BCUT2D eigenvalue weighted by Crippen LogP contribution is 2.30. The lowest BCUT2D eigenvalue weighted by molar-refractivity contribution is -0.127. The standard InChI is InChI=1S/C18H22N2O4S/c1-2-24-13-9-7-12(8-10-13)17(22)19-14-5-3-4-6-15(14)20-16(21)11-25-18(20)23/h7-10,14-15H,2-6,11H2,1H3,(H,19,22)/t14-,15+/m1/s1. The van der Waals surface area contributed by atoms with Crippen molar-refractivity contribution in [3.8, 4) is 5.75 Å². The third kappa shape index (κ3) is 3.98. The van der Waals surface area contributed by atoms with Crippen LogP contribution in [0.25, 0.3) is 0 Å². The Labute approximate surface area is 151 Å². The first-order chi connectivity index (χ1) is 12.1. The van der Waals surface area contributed by atoms with Crippen LogP contribution in [0, 0.1) is 0 Å². The molecule has 2 fully saturated rings. The first-order valence-corrected chi connectivity index (χ1v) is 9.61. The van der Waals surface area contributed by atoms with Gasteiger partial charge in [-0.15, -0.1) is 0 Å². The fraction of sp³-hybridized carbons (Fsp3) is 0.500. The summed E-state index contributed by atoms with van der Waals surface area (Å²) in [6, 6.07) is 6.54. The second-order valence-corrected chi connectivity index (χ2v) is 7.13. The largest absolute Gasteiger partial charge is 0.494 e. The Morgan fingerprint density at radius 3 is 2.60 bits per heavy atom. The minimum absolute atomic E-state index is 0.151. The Balaban J connectivity index is 1.69.